The fourth-order valence-corrected chi connectivity index (χ4v) is 5.16. The van der Waals surface area contributed by atoms with Gasteiger partial charge in [0.25, 0.3) is 0 Å². The Morgan fingerprint density at radius 3 is 2.50 bits per heavy atom. The Labute approximate surface area is 204 Å². The third kappa shape index (κ3) is 4.77. The molecule has 1 atom stereocenters. The predicted octanol–water partition coefficient (Wildman–Crippen LogP) is 2.38. The molecule has 2 heterocycles. The molecule has 2 aliphatic heterocycles. The highest BCUT2D eigenvalue weighted by Gasteiger charge is 2.72. The van der Waals surface area contributed by atoms with Crippen LogP contribution in [0.4, 0.5) is 0 Å². The Kier molecular flexibility index (Phi) is 6.62. The Morgan fingerprint density at radius 2 is 1.94 bits per heavy atom. The first-order valence-corrected chi connectivity index (χ1v) is 12.3. The Hall–Kier alpha value is -2.64. The van der Waals surface area contributed by atoms with Gasteiger partial charge in [0.1, 0.15) is 30.8 Å². The summed E-state index contributed by atoms with van der Waals surface area (Å²) in [5.74, 6) is 0.419. The van der Waals surface area contributed by atoms with Crippen molar-refractivity contribution in [3.63, 3.8) is 0 Å². The summed E-state index contributed by atoms with van der Waals surface area (Å²) in [6.45, 7) is 14.9. The molecule has 0 bridgehead atoms. The highest BCUT2D eigenvalue weighted by Crippen LogP contribution is 2.74. The number of allylic oxidation sites excluding steroid dienone is 4. The van der Waals surface area contributed by atoms with E-state index in [2.05, 4.69) is 43.5 Å². The monoisotopic (exact) mass is 466 g/mol. The molecule has 34 heavy (non-hydrogen) atoms. The maximum Gasteiger partial charge on any atom is 0.219 e. The summed E-state index contributed by atoms with van der Waals surface area (Å²) in [4.78, 5) is 17.9. The Balaban J connectivity index is 1.37. The van der Waals surface area contributed by atoms with E-state index in [9.17, 15) is 4.79 Å². The lowest BCUT2D eigenvalue weighted by Gasteiger charge is -2.33. The summed E-state index contributed by atoms with van der Waals surface area (Å²) in [6, 6.07) is 0.399. The van der Waals surface area contributed by atoms with Gasteiger partial charge in [-0.3, -0.25) is 10.2 Å². The number of nitrogens with zero attached hydrogens (tertiary/aromatic N) is 3. The quantitative estimate of drug-likeness (QED) is 0.311. The van der Waals surface area contributed by atoms with Gasteiger partial charge in [-0.1, -0.05) is 19.2 Å². The molecule has 3 N–H and O–H groups in total. The molecule has 2 aliphatic carbocycles. The van der Waals surface area contributed by atoms with Crippen molar-refractivity contribution in [2.75, 3.05) is 40.4 Å². The van der Waals surface area contributed by atoms with E-state index < -0.39 is 0 Å². The molecule has 4 aliphatic rings. The van der Waals surface area contributed by atoms with E-state index in [1.807, 2.05) is 25.3 Å². The molecule has 2 saturated carbocycles. The minimum absolute atomic E-state index is 0.0402. The molecule has 1 spiro atoms. The predicted molar refractivity (Wildman–Crippen MR) is 135 cm³/mol. The lowest BCUT2D eigenvalue weighted by molar-refractivity contribution is -0.667. The smallest absolute Gasteiger partial charge is 0.219 e. The van der Waals surface area contributed by atoms with Crippen molar-refractivity contribution in [1.29, 1.82) is 5.41 Å². The van der Waals surface area contributed by atoms with Crippen molar-refractivity contribution < 1.29 is 14.8 Å². The normalized spacial score (nSPS) is 25.6. The summed E-state index contributed by atoms with van der Waals surface area (Å²) in [6.07, 6.45) is 12.8. The molecule has 1 amide bonds. The first-order chi connectivity index (χ1) is 16.1. The fourth-order valence-electron chi connectivity index (χ4n) is 5.16. The molecule has 1 saturated heterocycles. The largest absolute Gasteiger partial charge is 0.374 e. The molecule has 0 aromatic rings. The lowest BCUT2D eigenvalue weighted by atomic mass is 10.0. The van der Waals surface area contributed by atoms with E-state index in [0.717, 1.165) is 36.5 Å². The minimum Gasteiger partial charge on any atom is -0.374 e. The number of amides is 1. The maximum absolute atomic E-state index is 12.0. The van der Waals surface area contributed by atoms with Gasteiger partial charge in [0, 0.05) is 45.2 Å². The molecule has 4 rings (SSSR count). The second-order valence-corrected chi connectivity index (χ2v) is 10.6. The molecule has 0 aromatic heterocycles. The van der Waals surface area contributed by atoms with Crippen LogP contribution in [0.2, 0.25) is 0 Å². The van der Waals surface area contributed by atoms with Crippen LogP contribution in [0.25, 0.3) is 0 Å². The third-order valence-corrected chi connectivity index (χ3v) is 8.32. The summed E-state index contributed by atoms with van der Waals surface area (Å²) >= 11 is 0. The standard InChI is InChI=1S/C27H39N5O2/c1-19(9-13-30(5)26(4)18-27(26)11-12-27)7-8-20(2)31(6)25(28)23-15-32(21(3)33)14-10-24(23)29-22-16-34-17-22/h7-9,13,22,28-29H,1-2,10-12,14-18H2,3-6H3/p+1/b8-7-,13-9+,28-25?. The number of carbonyl (C=O) groups excluding carboxylic acids is 1. The van der Waals surface area contributed by atoms with Gasteiger partial charge in [0.05, 0.1) is 12.1 Å². The lowest BCUT2D eigenvalue weighted by Crippen LogP contribution is -2.93. The summed E-state index contributed by atoms with van der Waals surface area (Å²) in [5, 5.41) is 11.1. The highest BCUT2D eigenvalue weighted by molar-refractivity contribution is 5.98. The van der Waals surface area contributed by atoms with Crippen LogP contribution in [0.5, 0.6) is 0 Å². The molecule has 184 valence electrons. The van der Waals surface area contributed by atoms with E-state index in [0.29, 0.717) is 41.6 Å². The number of nitrogens with two attached hydrogens (primary N) is 1. The van der Waals surface area contributed by atoms with Gasteiger partial charge < -0.3 is 24.8 Å². The van der Waals surface area contributed by atoms with E-state index in [4.69, 9.17) is 10.1 Å². The van der Waals surface area contributed by atoms with Crippen molar-refractivity contribution in [1.82, 2.24) is 14.7 Å². The topological polar surface area (TPSA) is 76.5 Å². The SMILES string of the molecule is C=C(/C=C\C(=C)N(C)C(=N)C1=C([NH2+]C2COC2)CCN(C(C)=O)C1)/C=C/N(C)C1(C)CC12CC2. The zero-order valence-corrected chi connectivity index (χ0v) is 21.2. The van der Waals surface area contributed by atoms with Crippen molar-refractivity contribution in [3.8, 4) is 0 Å². The van der Waals surface area contributed by atoms with Crippen molar-refractivity contribution in [2.24, 2.45) is 5.41 Å². The summed E-state index contributed by atoms with van der Waals surface area (Å²) < 4.78 is 5.32. The molecule has 0 radical (unpaired) electrons. The van der Waals surface area contributed by atoms with Crippen LogP contribution in [0.1, 0.15) is 39.5 Å². The molecule has 7 heteroatoms. The summed E-state index contributed by atoms with van der Waals surface area (Å²) in [7, 11) is 4.01. The maximum atomic E-state index is 12.0. The van der Waals surface area contributed by atoms with Gasteiger partial charge >= 0.3 is 0 Å². The first-order valence-electron chi connectivity index (χ1n) is 12.3. The van der Waals surface area contributed by atoms with E-state index in [1.165, 1.54) is 19.3 Å². The van der Waals surface area contributed by atoms with Crippen LogP contribution in [0.15, 0.2) is 60.1 Å². The van der Waals surface area contributed by atoms with Crippen molar-refractivity contribution >= 4 is 11.7 Å². The average molecular weight is 467 g/mol. The highest BCUT2D eigenvalue weighted by atomic mass is 16.5. The van der Waals surface area contributed by atoms with Crippen LogP contribution in [0.3, 0.4) is 0 Å². The number of amidine groups is 1. The van der Waals surface area contributed by atoms with Gasteiger partial charge in [-0.05, 0) is 55.5 Å². The van der Waals surface area contributed by atoms with Crippen LogP contribution in [-0.4, -0.2) is 78.4 Å². The number of hydrogen-bond donors (Lipinski definition) is 2. The van der Waals surface area contributed by atoms with Gasteiger partial charge in [-0.2, -0.15) is 0 Å². The number of carbonyl (C=O) groups is 1. The van der Waals surface area contributed by atoms with Gasteiger partial charge in [0.2, 0.25) is 5.91 Å². The number of nitrogens with one attached hydrogen (secondary N) is 1. The van der Waals surface area contributed by atoms with E-state index in [1.54, 1.807) is 16.7 Å². The van der Waals surface area contributed by atoms with E-state index in [-0.39, 0.29) is 5.91 Å². The molecule has 3 fully saturated rings. The molecule has 7 nitrogen and oxygen atoms in total. The third-order valence-electron chi connectivity index (χ3n) is 8.32. The van der Waals surface area contributed by atoms with Crippen LogP contribution < -0.4 is 5.32 Å². The first kappa shape index (κ1) is 24.5. The number of ether oxygens (including phenoxy) is 1. The second kappa shape index (κ2) is 9.19. The molecular formula is C27H40N5O2+. The van der Waals surface area contributed by atoms with Gasteiger partial charge in [-0.15, -0.1) is 0 Å². The Bertz CT molecular complexity index is 985. The molecule has 0 aromatic carbocycles. The number of hydrogen-bond acceptors (Lipinski definition) is 4. The van der Waals surface area contributed by atoms with Gasteiger partial charge in [-0.25, -0.2) is 0 Å². The zero-order chi connectivity index (χ0) is 24.7. The van der Waals surface area contributed by atoms with Gasteiger partial charge in [0.15, 0.2) is 0 Å². The van der Waals surface area contributed by atoms with Crippen molar-refractivity contribution in [3.05, 3.63) is 60.1 Å². The fraction of sp³-hybridized carbons (Fsp3) is 0.556. The Morgan fingerprint density at radius 1 is 1.24 bits per heavy atom. The van der Waals surface area contributed by atoms with Crippen LogP contribution >= 0.6 is 0 Å². The summed E-state index contributed by atoms with van der Waals surface area (Å²) in [5.41, 5.74) is 4.51. The number of rotatable bonds is 9. The van der Waals surface area contributed by atoms with Crippen LogP contribution in [0, 0.1) is 10.8 Å². The number of likely N-dealkylation sites (N-methyl/N-ethyl adjacent to an activating group) is 1. The zero-order valence-electron chi connectivity index (χ0n) is 21.2. The second-order valence-electron chi connectivity index (χ2n) is 10.6. The number of quaternary nitrogens is 1. The van der Waals surface area contributed by atoms with E-state index >= 15 is 0 Å². The average Bonchev–Trinajstić information content (AvgIpc) is 3.69. The van der Waals surface area contributed by atoms with Crippen LogP contribution in [-0.2, 0) is 9.53 Å². The molecule has 1 unspecified atom stereocenters. The molecular weight excluding hydrogens is 426 g/mol. The minimum atomic E-state index is 0.0402. The van der Waals surface area contributed by atoms with Crippen molar-refractivity contribution in [2.45, 2.75) is 51.1 Å².